The van der Waals surface area contributed by atoms with Crippen molar-refractivity contribution in [1.82, 2.24) is 5.32 Å². The predicted octanol–water partition coefficient (Wildman–Crippen LogP) is 3.71. The van der Waals surface area contributed by atoms with Gasteiger partial charge in [0.05, 0.1) is 6.42 Å². The molecule has 2 amide bonds. The highest BCUT2D eigenvalue weighted by atomic mass is 16.6. The number of esters is 1. The Bertz CT molecular complexity index is 763. The molecule has 148 valence electrons. The van der Waals surface area contributed by atoms with E-state index in [0.717, 1.165) is 19.3 Å². The molecule has 0 aromatic heterocycles. The maximum atomic E-state index is 11.9. The van der Waals surface area contributed by atoms with E-state index < -0.39 is 12.1 Å². The highest BCUT2D eigenvalue weighted by Gasteiger charge is 2.17. The van der Waals surface area contributed by atoms with Crippen molar-refractivity contribution in [2.45, 2.75) is 32.1 Å². The van der Waals surface area contributed by atoms with Crippen LogP contribution in [-0.4, -0.2) is 31.6 Å². The van der Waals surface area contributed by atoms with E-state index >= 15 is 0 Å². The molecule has 0 atom stereocenters. The quantitative estimate of drug-likeness (QED) is 0.408. The van der Waals surface area contributed by atoms with E-state index in [0.29, 0.717) is 12.2 Å². The third-order valence-corrected chi connectivity index (χ3v) is 4.23. The Morgan fingerprint density at radius 3 is 2.21 bits per heavy atom. The number of hydrogen-bond donors (Lipinski definition) is 1. The fourth-order valence-corrected chi connectivity index (χ4v) is 2.60. The summed E-state index contributed by atoms with van der Waals surface area (Å²) in [6.45, 7) is 0.566. The summed E-state index contributed by atoms with van der Waals surface area (Å²) in [5.41, 5.74) is 1.90. The van der Waals surface area contributed by atoms with E-state index in [2.05, 4.69) is 17.4 Å². The second-order valence-corrected chi connectivity index (χ2v) is 6.43. The van der Waals surface area contributed by atoms with Crippen LogP contribution in [0.3, 0.4) is 0 Å². The second-order valence-electron chi connectivity index (χ2n) is 6.43. The fourth-order valence-electron chi connectivity index (χ4n) is 2.60. The van der Waals surface area contributed by atoms with Crippen molar-refractivity contribution in [2.75, 3.05) is 18.5 Å². The normalized spacial score (nSPS) is 10.2. The molecule has 0 aliphatic rings. The fraction of sp³-hybridized carbons (Fsp3) is 0.318. The summed E-state index contributed by atoms with van der Waals surface area (Å²) in [6, 6.07) is 19.0. The Morgan fingerprint density at radius 2 is 1.54 bits per heavy atom. The topological polar surface area (TPSA) is 75.7 Å². The lowest BCUT2D eigenvalue weighted by atomic mass is 10.1. The van der Waals surface area contributed by atoms with Crippen molar-refractivity contribution in [3.63, 3.8) is 0 Å². The highest BCUT2D eigenvalue weighted by molar-refractivity contribution is 5.95. The van der Waals surface area contributed by atoms with Crippen molar-refractivity contribution in [3.8, 4) is 0 Å². The number of aryl methyl sites for hydroxylation is 1. The van der Waals surface area contributed by atoms with Gasteiger partial charge in [-0.15, -0.1) is 0 Å². The van der Waals surface area contributed by atoms with Crippen LogP contribution in [0.2, 0.25) is 0 Å². The van der Waals surface area contributed by atoms with Crippen LogP contribution in [0.15, 0.2) is 60.7 Å². The van der Waals surface area contributed by atoms with Gasteiger partial charge in [-0.05, 0) is 37.0 Å². The molecule has 2 rings (SSSR count). The maximum absolute atomic E-state index is 11.9. The largest absolute Gasteiger partial charge is 0.421 e. The summed E-state index contributed by atoms with van der Waals surface area (Å²) in [5, 5.41) is 2.78. The molecule has 6 nitrogen and oxygen atoms in total. The van der Waals surface area contributed by atoms with E-state index in [1.165, 1.54) is 17.5 Å². The lowest BCUT2D eigenvalue weighted by molar-refractivity contribution is -0.138. The van der Waals surface area contributed by atoms with Crippen molar-refractivity contribution in [2.24, 2.45) is 0 Å². The minimum atomic E-state index is -0.766. The maximum Gasteiger partial charge on any atom is 0.421 e. The van der Waals surface area contributed by atoms with Gasteiger partial charge >= 0.3 is 12.1 Å². The minimum Gasteiger partial charge on any atom is -0.376 e. The van der Waals surface area contributed by atoms with Crippen LogP contribution in [0.4, 0.5) is 10.5 Å². The van der Waals surface area contributed by atoms with Gasteiger partial charge in [-0.2, -0.15) is 0 Å². The zero-order chi connectivity index (χ0) is 20.2. The zero-order valence-corrected chi connectivity index (χ0v) is 16.1. The third-order valence-electron chi connectivity index (χ3n) is 4.23. The first kappa shape index (κ1) is 21.2. The van der Waals surface area contributed by atoms with E-state index in [4.69, 9.17) is 4.74 Å². The Labute approximate surface area is 165 Å². The molecule has 0 unspecified atom stereocenters. The monoisotopic (exact) mass is 382 g/mol. The first-order valence-corrected chi connectivity index (χ1v) is 9.40. The number of nitrogens with zero attached hydrogens (tertiary/aromatic N) is 1. The molecule has 0 aliphatic carbocycles. The molecule has 2 aromatic rings. The molecule has 0 spiro atoms. The minimum absolute atomic E-state index is 0.000149. The average Bonchev–Trinajstić information content (AvgIpc) is 2.72. The lowest BCUT2D eigenvalue weighted by Crippen LogP contribution is -2.30. The van der Waals surface area contributed by atoms with Gasteiger partial charge in [0.1, 0.15) is 0 Å². The SMILES string of the molecule is CN(C(=O)OC(=O)CCC(=O)NCCCCc1ccccc1)c1ccccc1. The van der Waals surface area contributed by atoms with Crippen LogP contribution in [0.25, 0.3) is 0 Å². The number of unbranched alkanes of at least 4 members (excludes halogenated alkanes) is 1. The molecule has 0 aliphatic heterocycles. The zero-order valence-electron chi connectivity index (χ0n) is 16.1. The molecule has 0 radical (unpaired) electrons. The van der Waals surface area contributed by atoms with Crippen molar-refractivity contribution < 1.29 is 19.1 Å². The number of carbonyl (C=O) groups excluding carboxylic acids is 3. The van der Waals surface area contributed by atoms with Gasteiger partial charge in [0.2, 0.25) is 5.91 Å². The number of anilines is 1. The first-order chi connectivity index (χ1) is 13.6. The number of amides is 2. The summed E-state index contributed by atoms with van der Waals surface area (Å²) in [6.07, 6.45) is 1.92. The number of carbonyl (C=O) groups is 3. The van der Waals surface area contributed by atoms with Crippen molar-refractivity contribution in [3.05, 3.63) is 66.2 Å². The summed E-state index contributed by atoms with van der Waals surface area (Å²) in [4.78, 5) is 36.8. The molecule has 0 saturated carbocycles. The Kier molecular flexibility index (Phi) is 8.72. The summed E-state index contributed by atoms with van der Waals surface area (Å²) in [5.74, 6) is -0.937. The van der Waals surface area contributed by atoms with Gasteiger partial charge < -0.3 is 10.1 Å². The van der Waals surface area contributed by atoms with Crippen LogP contribution in [-0.2, 0) is 20.7 Å². The van der Waals surface area contributed by atoms with Gasteiger partial charge in [-0.1, -0.05) is 48.5 Å². The molecule has 0 saturated heterocycles. The third kappa shape index (κ3) is 7.61. The van der Waals surface area contributed by atoms with Crippen LogP contribution in [0, 0.1) is 0 Å². The van der Waals surface area contributed by atoms with Crippen molar-refractivity contribution in [1.29, 1.82) is 0 Å². The van der Waals surface area contributed by atoms with E-state index in [1.807, 2.05) is 24.3 Å². The molecule has 0 fully saturated rings. The number of para-hydroxylation sites is 1. The lowest BCUT2D eigenvalue weighted by Gasteiger charge is -2.15. The Balaban J connectivity index is 1.57. The van der Waals surface area contributed by atoms with Crippen LogP contribution < -0.4 is 10.2 Å². The predicted molar refractivity (Wildman–Crippen MR) is 108 cm³/mol. The standard InChI is InChI=1S/C22H26N2O4/c1-24(19-13-6-3-7-14-19)22(27)28-21(26)16-15-20(25)23-17-9-8-12-18-10-4-2-5-11-18/h2-7,10-11,13-14H,8-9,12,15-17H2,1H3,(H,23,25). The Morgan fingerprint density at radius 1 is 0.893 bits per heavy atom. The van der Waals surface area contributed by atoms with E-state index in [1.54, 1.807) is 24.3 Å². The van der Waals surface area contributed by atoms with E-state index in [-0.39, 0.29) is 18.7 Å². The van der Waals surface area contributed by atoms with E-state index in [9.17, 15) is 14.4 Å². The molecule has 0 bridgehead atoms. The van der Waals surface area contributed by atoms with Gasteiger partial charge in [0.25, 0.3) is 0 Å². The van der Waals surface area contributed by atoms with Gasteiger partial charge in [-0.3, -0.25) is 14.5 Å². The van der Waals surface area contributed by atoms with Gasteiger partial charge in [0.15, 0.2) is 0 Å². The molecular weight excluding hydrogens is 356 g/mol. The Hall–Kier alpha value is -3.15. The van der Waals surface area contributed by atoms with Crippen LogP contribution in [0.5, 0.6) is 0 Å². The molecule has 0 heterocycles. The van der Waals surface area contributed by atoms with Gasteiger partial charge in [-0.25, -0.2) is 4.79 Å². The summed E-state index contributed by atoms with van der Waals surface area (Å²) in [7, 11) is 1.52. The smallest absolute Gasteiger partial charge is 0.376 e. The molecular formula is C22H26N2O4. The van der Waals surface area contributed by atoms with Gasteiger partial charge in [0, 0.05) is 25.7 Å². The number of rotatable bonds is 9. The molecule has 6 heteroatoms. The molecule has 1 N–H and O–H groups in total. The number of benzene rings is 2. The highest BCUT2D eigenvalue weighted by Crippen LogP contribution is 2.12. The van der Waals surface area contributed by atoms with Crippen LogP contribution >= 0.6 is 0 Å². The van der Waals surface area contributed by atoms with Crippen LogP contribution in [0.1, 0.15) is 31.2 Å². The number of hydrogen-bond acceptors (Lipinski definition) is 4. The summed E-state index contributed by atoms with van der Waals surface area (Å²) < 4.78 is 4.78. The first-order valence-electron chi connectivity index (χ1n) is 9.40. The average molecular weight is 382 g/mol. The number of nitrogens with one attached hydrogen (secondary N) is 1. The molecule has 2 aromatic carbocycles. The summed E-state index contributed by atoms with van der Waals surface area (Å²) >= 11 is 0. The molecule has 28 heavy (non-hydrogen) atoms. The second kappa shape index (κ2) is 11.5. The number of ether oxygens (including phenoxy) is 1. The van der Waals surface area contributed by atoms with Crippen molar-refractivity contribution >= 4 is 23.7 Å².